The van der Waals surface area contributed by atoms with Gasteiger partial charge in [0.1, 0.15) is 0 Å². The Labute approximate surface area is 303 Å². The van der Waals surface area contributed by atoms with Gasteiger partial charge in [0.05, 0.1) is 22.4 Å². The van der Waals surface area contributed by atoms with Crippen molar-refractivity contribution in [3.63, 3.8) is 0 Å². The Hall–Kier alpha value is -6.58. The van der Waals surface area contributed by atoms with E-state index in [0.29, 0.717) is 5.82 Å². The van der Waals surface area contributed by atoms with E-state index in [4.69, 9.17) is 9.97 Å². The van der Waals surface area contributed by atoms with Crippen LogP contribution in [0.2, 0.25) is 0 Å². The van der Waals surface area contributed by atoms with Crippen molar-refractivity contribution in [2.45, 2.75) is 19.3 Å². The van der Waals surface area contributed by atoms with Crippen LogP contribution in [0, 0.1) is 0 Å². The van der Waals surface area contributed by atoms with E-state index < -0.39 is 0 Å². The summed E-state index contributed by atoms with van der Waals surface area (Å²) in [6.45, 7) is 4.74. The highest BCUT2D eigenvalue weighted by molar-refractivity contribution is 6.17. The van der Waals surface area contributed by atoms with Crippen molar-refractivity contribution in [2.75, 3.05) is 0 Å². The summed E-state index contributed by atoms with van der Waals surface area (Å²) < 4.78 is 2.40. The highest BCUT2D eigenvalue weighted by atomic mass is 15.0. The number of hydrogen-bond donors (Lipinski definition) is 0. The van der Waals surface area contributed by atoms with Gasteiger partial charge >= 0.3 is 0 Å². The lowest BCUT2D eigenvalue weighted by molar-refractivity contribution is 0.662. The fourth-order valence-electron chi connectivity index (χ4n) is 8.45. The quantitative estimate of drug-likeness (QED) is 0.183. The lowest BCUT2D eigenvalue weighted by Gasteiger charge is -2.25. The second-order valence-corrected chi connectivity index (χ2v) is 14.2. The Kier molecular flexibility index (Phi) is 6.84. The smallest absolute Gasteiger partial charge is 0.160 e. The summed E-state index contributed by atoms with van der Waals surface area (Å²) >= 11 is 0. The van der Waals surface area contributed by atoms with Crippen LogP contribution >= 0.6 is 0 Å². The molecule has 0 spiro atoms. The molecule has 2 heterocycles. The van der Waals surface area contributed by atoms with Crippen LogP contribution in [0.5, 0.6) is 0 Å². The van der Waals surface area contributed by atoms with E-state index in [2.05, 4.69) is 182 Å². The number of para-hydroxylation sites is 2. The van der Waals surface area contributed by atoms with E-state index in [1.807, 2.05) is 12.1 Å². The molecule has 0 N–H and O–H groups in total. The summed E-state index contributed by atoms with van der Waals surface area (Å²) in [5.41, 5.74) is 15.9. The van der Waals surface area contributed by atoms with Crippen LogP contribution in [0.4, 0.5) is 0 Å². The average molecular weight is 666 g/mol. The zero-order valence-electron chi connectivity index (χ0n) is 29.1. The Balaban J connectivity index is 1.33. The van der Waals surface area contributed by atoms with Gasteiger partial charge in [-0.15, -0.1) is 0 Å². The topological polar surface area (TPSA) is 30.7 Å². The number of fused-ring (bicyclic) bond motifs is 6. The molecular weight excluding hydrogens is 631 g/mol. The summed E-state index contributed by atoms with van der Waals surface area (Å²) in [5.74, 6) is 0.698. The van der Waals surface area contributed by atoms with Crippen molar-refractivity contribution in [1.82, 2.24) is 14.5 Å². The number of rotatable bonds is 5. The molecule has 0 saturated heterocycles. The largest absolute Gasteiger partial charge is 0.309 e. The second-order valence-electron chi connectivity index (χ2n) is 14.2. The SMILES string of the molecule is CC1(C)c2ccccc2-c2cccc(-c3cc(-c4nc(-c5ccccc5)cc(-c5ccccc5)n4)cc4c3c3ccccc3n4-c3ccccc3)c21. The zero-order valence-corrected chi connectivity index (χ0v) is 29.1. The molecule has 246 valence electrons. The first-order valence-corrected chi connectivity index (χ1v) is 17.9. The summed E-state index contributed by atoms with van der Waals surface area (Å²) in [5, 5.41) is 2.45. The van der Waals surface area contributed by atoms with Crippen molar-refractivity contribution >= 4 is 21.8 Å². The lowest BCUT2D eigenvalue weighted by atomic mass is 9.78. The molecule has 0 saturated carbocycles. The third kappa shape index (κ3) is 4.66. The monoisotopic (exact) mass is 665 g/mol. The number of hydrogen-bond acceptors (Lipinski definition) is 2. The fraction of sp³-hybridized carbons (Fsp3) is 0.0612. The van der Waals surface area contributed by atoms with Crippen LogP contribution in [-0.2, 0) is 5.41 Å². The van der Waals surface area contributed by atoms with Crippen LogP contribution in [0.25, 0.3) is 83.6 Å². The average Bonchev–Trinajstić information content (AvgIpc) is 3.67. The molecule has 0 unspecified atom stereocenters. The molecule has 0 aliphatic heterocycles. The van der Waals surface area contributed by atoms with Crippen molar-refractivity contribution in [2.24, 2.45) is 0 Å². The molecule has 3 nitrogen and oxygen atoms in total. The molecule has 3 heteroatoms. The van der Waals surface area contributed by atoms with Crippen molar-refractivity contribution < 1.29 is 0 Å². The first kappa shape index (κ1) is 30.3. The third-order valence-electron chi connectivity index (χ3n) is 10.8. The van der Waals surface area contributed by atoms with Gasteiger partial charge in [-0.05, 0) is 69.8 Å². The van der Waals surface area contributed by atoms with E-state index in [1.54, 1.807) is 0 Å². The van der Waals surface area contributed by atoms with Gasteiger partial charge in [-0.2, -0.15) is 0 Å². The maximum atomic E-state index is 5.31. The third-order valence-corrected chi connectivity index (χ3v) is 10.8. The van der Waals surface area contributed by atoms with Gasteiger partial charge in [0.25, 0.3) is 0 Å². The van der Waals surface area contributed by atoms with Crippen LogP contribution in [0.1, 0.15) is 25.0 Å². The highest BCUT2D eigenvalue weighted by Gasteiger charge is 2.38. The molecule has 0 bridgehead atoms. The molecule has 10 rings (SSSR count). The molecule has 7 aromatic carbocycles. The molecule has 0 fully saturated rings. The van der Waals surface area contributed by atoms with Gasteiger partial charge in [0.15, 0.2) is 5.82 Å². The van der Waals surface area contributed by atoms with Crippen molar-refractivity contribution in [1.29, 1.82) is 0 Å². The van der Waals surface area contributed by atoms with Crippen LogP contribution in [0.3, 0.4) is 0 Å². The van der Waals surface area contributed by atoms with Crippen molar-refractivity contribution in [3.05, 3.63) is 187 Å². The number of aromatic nitrogens is 3. The van der Waals surface area contributed by atoms with E-state index >= 15 is 0 Å². The van der Waals surface area contributed by atoms with Crippen molar-refractivity contribution in [3.8, 4) is 61.8 Å². The minimum atomic E-state index is -0.188. The van der Waals surface area contributed by atoms with Gasteiger partial charge in [-0.3, -0.25) is 0 Å². The Bertz CT molecular complexity index is 2740. The first-order valence-electron chi connectivity index (χ1n) is 17.9. The first-order chi connectivity index (χ1) is 25.6. The van der Waals surface area contributed by atoms with E-state index in [9.17, 15) is 0 Å². The molecule has 0 radical (unpaired) electrons. The number of benzene rings is 7. The van der Waals surface area contributed by atoms with Gasteiger partial charge in [0.2, 0.25) is 0 Å². The standard InChI is InChI=1S/C49H35N3/c1-49(2)41-27-14-12-23-36(41)37-25-16-26-38(47(37)49)40-29-34(30-45-46(40)39-24-13-15-28-44(39)52(45)35-21-10-5-11-22-35)48-50-42(32-17-6-3-7-18-32)31-43(51-48)33-19-8-4-9-20-33/h3-31H,1-2H3. The highest BCUT2D eigenvalue weighted by Crippen LogP contribution is 2.53. The van der Waals surface area contributed by atoms with Gasteiger partial charge in [-0.1, -0.05) is 153 Å². The summed E-state index contributed by atoms with van der Waals surface area (Å²) in [7, 11) is 0. The maximum Gasteiger partial charge on any atom is 0.160 e. The Morgan fingerprint density at radius 1 is 0.442 bits per heavy atom. The van der Waals surface area contributed by atoms with Gasteiger partial charge in [0, 0.05) is 38.6 Å². The van der Waals surface area contributed by atoms with Crippen LogP contribution in [0.15, 0.2) is 176 Å². The van der Waals surface area contributed by atoms with E-state index in [1.165, 1.54) is 49.7 Å². The normalized spacial score (nSPS) is 13.0. The maximum absolute atomic E-state index is 5.31. The van der Waals surface area contributed by atoms with Gasteiger partial charge in [-0.25, -0.2) is 9.97 Å². The molecule has 1 aliphatic rings. The molecular formula is C49H35N3. The second kappa shape index (κ2) is 11.8. The molecule has 9 aromatic rings. The number of nitrogens with zero attached hydrogens (tertiary/aromatic N) is 3. The van der Waals surface area contributed by atoms with Gasteiger partial charge < -0.3 is 4.57 Å². The lowest BCUT2D eigenvalue weighted by Crippen LogP contribution is -2.16. The Morgan fingerprint density at radius 2 is 1.00 bits per heavy atom. The predicted octanol–water partition coefficient (Wildman–Crippen LogP) is 12.5. The summed E-state index contributed by atoms with van der Waals surface area (Å²) in [6, 6.07) is 62.8. The summed E-state index contributed by atoms with van der Waals surface area (Å²) in [4.78, 5) is 10.6. The molecule has 52 heavy (non-hydrogen) atoms. The predicted molar refractivity (Wildman–Crippen MR) is 216 cm³/mol. The van der Waals surface area contributed by atoms with Crippen LogP contribution in [-0.4, -0.2) is 14.5 Å². The Morgan fingerprint density at radius 3 is 1.69 bits per heavy atom. The van der Waals surface area contributed by atoms with E-state index in [-0.39, 0.29) is 5.41 Å². The molecule has 1 aliphatic carbocycles. The minimum absolute atomic E-state index is 0.188. The van der Waals surface area contributed by atoms with E-state index in [0.717, 1.165) is 39.3 Å². The molecule has 2 aromatic heterocycles. The molecule has 0 atom stereocenters. The van der Waals surface area contributed by atoms with Crippen LogP contribution < -0.4 is 0 Å². The fourth-order valence-corrected chi connectivity index (χ4v) is 8.45. The zero-order chi connectivity index (χ0) is 34.8. The minimum Gasteiger partial charge on any atom is -0.309 e. The summed E-state index contributed by atoms with van der Waals surface area (Å²) in [6.07, 6.45) is 0. The molecule has 0 amide bonds.